The van der Waals surface area contributed by atoms with E-state index >= 15 is 0 Å². The van der Waals surface area contributed by atoms with Crippen LogP contribution in [0.25, 0.3) is 42.2 Å². The molecule has 0 N–H and O–H groups in total. The van der Waals surface area contributed by atoms with Crippen LogP contribution in [0, 0.1) is 0 Å². The van der Waals surface area contributed by atoms with Crippen molar-refractivity contribution < 1.29 is 0 Å². The predicted molar refractivity (Wildman–Crippen MR) is 142 cm³/mol. The molecule has 0 aliphatic heterocycles. The Morgan fingerprint density at radius 2 is 1.58 bits per heavy atom. The summed E-state index contributed by atoms with van der Waals surface area (Å²) in [6.45, 7) is 14.1. The third-order valence-electron chi connectivity index (χ3n) is 6.20. The maximum absolute atomic E-state index is 4.89. The number of pyridine rings is 1. The van der Waals surface area contributed by atoms with Crippen LogP contribution in [0.4, 0.5) is 0 Å². The van der Waals surface area contributed by atoms with Gasteiger partial charge in [0.1, 0.15) is 0 Å². The van der Waals surface area contributed by atoms with Crippen LogP contribution in [-0.2, 0) is 5.41 Å². The Hall–Kier alpha value is -2.49. The second-order valence-electron chi connectivity index (χ2n) is 10.6. The van der Waals surface area contributed by atoms with Crippen molar-refractivity contribution in [3.8, 4) is 11.3 Å². The zero-order valence-corrected chi connectivity index (χ0v) is 21.0. The molecule has 31 heavy (non-hydrogen) atoms. The van der Waals surface area contributed by atoms with Crippen LogP contribution in [0.5, 0.6) is 0 Å². The second-order valence-corrected chi connectivity index (χ2v) is 16.7. The molecule has 2 aromatic heterocycles. The van der Waals surface area contributed by atoms with Gasteiger partial charge in [0, 0.05) is 27.2 Å². The van der Waals surface area contributed by atoms with Crippen molar-refractivity contribution in [2.75, 3.05) is 0 Å². The molecule has 156 valence electrons. The van der Waals surface area contributed by atoms with Gasteiger partial charge in [0.15, 0.2) is 0 Å². The molecular weight excluding hydrogens is 410 g/mol. The van der Waals surface area contributed by atoms with E-state index in [2.05, 4.69) is 101 Å². The van der Waals surface area contributed by atoms with Crippen LogP contribution >= 0.6 is 11.3 Å². The highest BCUT2D eigenvalue weighted by molar-refractivity contribution is 7.26. The van der Waals surface area contributed by atoms with Gasteiger partial charge in [-0.2, -0.15) is 0 Å². The summed E-state index contributed by atoms with van der Waals surface area (Å²) in [6.07, 6.45) is 1.98. The quantitative estimate of drug-likeness (QED) is 0.253. The van der Waals surface area contributed by atoms with Gasteiger partial charge in [-0.3, -0.25) is 4.98 Å². The molecule has 0 spiro atoms. The predicted octanol–water partition coefficient (Wildman–Crippen LogP) is 8.11. The molecular formula is C28H29NSSi. The van der Waals surface area contributed by atoms with E-state index in [1.165, 1.54) is 47.3 Å². The Labute approximate surface area is 189 Å². The van der Waals surface area contributed by atoms with Crippen molar-refractivity contribution in [2.24, 2.45) is 0 Å². The van der Waals surface area contributed by atoms with Gasteiger partial charge in [-0.15, -0.1) is 11.3 Å². The Morgan fingerprint density at radius 1 is 0.806 bits per heavy atom. The maximum atomic E-state index is 4.89. The van der Waals surface area contributed by atoms with E-state index in [0.717, 1.165) is 5.69 Å². The van der Waals surface area contributed by atoms with Crippen molar-refractivity contribution in [3.63, 3.8) is 0 Å². The molecule has 0 saturated carbocycles. The molecule has 3 aromatic carbocycles. The Morgan fingerprint density at radius 3 is 2.32 bits per heavy atom. The number of nitrogens with zero attached hydrogens (tertiary/aromatic N) is 1. The zero-order chi connectivity index (χ0) is 22.0. The van der Waals surface area contributed by atoms with Crippen LogP contribution in [-0.4, -0.2) is 13.1 Å². The molecule has 5 aromatic rings. The summed E-state index contributed by atoms with van der Waals surface area (Å²) in [5.74, 6) is 0. The van der Waals surface area contributed by atoms with E-state index in [1.54, 1.807) is 0 Å². The minimum Gasteiger partial charge on any atom is -0.255 e. The third kappa shape index (κ3) is 3.50. The van der Waals surface area contributed by atoms with Crippen LogP contribution < -0.4 is 5.19 Å². The van der Waals surface area contributed by atoms with Crippen molar-refractivity contribution in [1.29, 1.82) is 0 Å². The van der Waals surface area contributed by atoms with E-state index in [9.17, 15) is 0 Å². The molecule has 0 amide bonds. The van der Waals surface area contributed by atoms with E-state index in [4.69, 9.17) is 4.98 Å². The third-order valence-corrected chi connectivity index (χ3v) is 9.43. The van der Waals surface area contributed by atoms with Gasteiger partial charge in [-0.1, -0.05) is 82.0 Å². The summed E-state index contributed by atoms with van der Waals surface area (Å²) in [4.78, 5) is 4.89. The van der Waals surface area contributed by atoms with E-state index in [1.807, 2.05) is 17.5 Å². The Balaban J connectivity index is 1.81. The lowest BCUT2D eigenvalue weighted by Crippen LogP contribution is -2.37. The molecule has 0 bridgehead atoms. The first-order chi connectivity index (χ1) is 14.6. The average molecular weight is 440 g/mol. The van der Waals surface area contributed by atoms with Gasteiger partial charge in [0.25, 0.3) is 0 Å². The van der Waals surface area contributed by atoms with Crippen molar-refractivity contribution in [1.82, 2.24) is 4.98 Å². The first-order valence-corrected chi connectivity index (χ1v) is 15.3. The van der Waals surface area contributed by atoms with E-state index in [-0.39, 0.29) is 5.41 Å². The molecule has 0 unspecified atom stereocenters. The highest BCUT2D eigenvalue weighted by Gasteiger charge is 2.21. The minimum atomic E-state index is -1.36. The fourth-order valence-electron chi connectivity index (χ4n) is 4.44. The van der Waals surface area contributed by atoms with Gasteiger partial charge < -0.3 is 0 Å². The SMILES string of the molecule is CC(C)(C)c1cc(-c2nccc3c2sc2ccc([Si](C)(C)C)cc23)cc2ccccc12. The zero-order valence-electron chi connectivity index (χ0n) is 19.2. The highest BCUT2D eigenvalue weighted by atomic mass is 32.1. The monoisotopic (exact) mass is 439 g/mol. The number of benzene rings is 3. The molecule has 0 aliphatic rings. The normalized spacial score (nSPS) is 12.8. The molecule has 2 heterocycles. The molecule has 0 fully saturated rings. The van der Waals surface area contributed by atoms with E-state index in [0.29, 0.717) is 0 Å². The molecule has 0 radical (unpaired) electrons. The van der Waals surface area contributed by atoms with Crippen molar-refractivity contribution in [3.05, 3.63) is 72.4 Å². The fraction of sp³-hybridized carbons (Fsp3) is 0.250. The summed E-state index contributed by atoms with van der Waals surface area (Å²) in [5.41, 5.74) is 3.76. The van der Waals surface area contributed by atoms with Crippen molar-refractivity contribution >= 4 is 55.5 Å². The lowest BCUT2D eigenvalue weighted by atomic mass is 9.82. The number of hydrogen-bond acceptors (Lipinski definition) is 2. The number of rotatable bonds is 2. The summed E-state index contributed by atoms with van der Waals surface area (Å²) in [7, 11) is -1.36. The van der Waals surface area contributed by atoms with Crippen LogP contribution in [0.3, 0.4) is 0 Å². The van der Waals surface area contributed by atoms with Gasteiger partial charge >= 0.3 is 0 Å². The van der Waals surface area contributed by atoms with Gasteiger partial charge in [-0.05, 0) is 46.0 Å². The molecule has 1 nitrogen and oxygen atoms in total. The largest absolute Gasteiger partial charge is 0.255 e. The van der Waals surface area contributed by atoms with Gasteiger partial charge in [0.2, 0.25) is 0 Å². The molecule has 3 heteroatoms. The molecule has 5 rings (SSSR count). The number of hydrogen-bond donors (Lipinski definition) is 0. The average Bonchev–Trinajstić information content (AvgIpc) is 3.09. The number of thiophene rings is 1. The summed E-state index contributed by atoms with van der Waals surface area (Å²) < 4.78 is 2.64. The lowest BCUT2D eigenvalue weighted by molar-refractivity contribution is 0.596. The van der Waals surface area contributed by atoms with Gasteiger partial charge in [0.05, 0.1) is 18.5 Å². The number of fused-ring (bicyclic) bond motifs is 4. The highest BCUT2D eigenvalue weighted by Crippen LogP contribution is 2.41. The van der Waals surface area contributed by atoms with Crippen LogP contribution in [0.2, 0.25) is 19.6 Å². The van der Waals surface area contributed by atoms with Crippen LogP contribution in [0.15, 0.2) is 66.9 Å². The first kappa shape index (κ1) is 20.4. The first-order valence-electron chi connectivity index (χ1n) is 11.0. The molecule has 0 saturated heterocycles. The maximum Gasteiger partial charge on any atom is 0.0880 e. The lowest BCUT2D eigenvalue weighted by Gasteiger charge is -2.22. The Bertz CT molecular complexity index is 1450. The molecule has 0 aliphatic carbocycles. The smallest absolute Gasteiger partial charge is 0.0880 e. The fourth-order valence-corrected chi connectivity index (χ4v) is 6.79. The van der Waals surface area contributed by atoms with E-state index < -0.39 is 8.07 Å². The summed E-state index contributed by atoms with van der Waals surface area (Å²) in [5, 5.41) is 6.84. The minimum absolute atomic E-state index is 0.0654. The molecule has 0 atom stereocenters. The topological polar surface area (TPSA) is 12.9 Å². The van der Waals surface area contributed by atoms with Gasteiger partial charge in [-0.25, -0.2) is 0 Å². The standard InChI is InChI=1S/C28H29NSSi/c1-28(2,3)24-16-19(15-18-9-7-8-10-21(18)24)26-27-22(13-14-29-26)23-17-20(31(4,5)6)11-12-25(23)30-27/h7-17H,1-6H3. The number of aromatic nitrogens is 1. The summed E-state index contributed by atoms with van der Waals surface area (Å²) >= 11 is 1.87. The van der Waals surface area contributed by atoms with Crippen molar-refractivity contribution in [2.45, 2.75) is 45.8 Å². The Kier molecular flexibility index (Phi) is 4.62. The van der Waals surface area contributed by atoms with Crippen LogP contribution in [0.1, 0.15) is 26.3 Å². The summed E-state index contributed by atoms with van der Waals surface area (Å²) in [6, 6.07) is 22.7. The second kappa shape index (κ2) is 7.01.